The Bertz CT molecular complexity index is 1090. The molecule has 2 aromatic heterocycles. The molecule has 0 saturated carbocycles. The highest BCUT2D eigenvalue weighted by molar-refractivity contribution is 5.83. The molecule has 2 aliphatic rings. The molecule has 1 fully saturated rings. The molecule has 1 aromatic carbocycles. The van der Waals surface area contributed by atoms with E-state index in [9.17, 15) is 4.79 Å². The fourth-order valence-corrected chi connectivity index (χ4v) is 4.82. The van der Waals surface area contributed by atoms with E-state index >= 15 is 0 Å². The van der Waals surface area contributed by atoms with Crippen LogP contribution in [-0.4, -0.2) is 75.7 Å². The second-order valence-electron chi connectivity index (χ2n) is 9.12. The summed E-state index contributed by atoms with van der Waals surface area (Å²) >= 11 is 0. The molecule has 0 bridgehead atoms. The fourth-order valence-electron chi connectivity index (χ4n) is 4.82. The Labute approximate surface area is 194 Å². The summed E-state index contributed by atoms with van der Waals surface area (Å²) in [5, 5.41) is 8.84. The second-order valence-corrected chi connectivity index (χ2v) is 9.12. The molecular weight excluding hydrogens is 414 g/mol. The first-order valence-electron chi connectivity index (χ1n) is 11.7. The number of aromatic nitrogens is 4. The van der Waals surface area contributed by atoms with E-state index in [2.05, 4.69) is 60.9 Å². The number of benzene rings is 1. The maximum atomic E-state index is 13.4. The summed E-state index contributed by atoms with van der Waals surface area (Å²) in [6.45, 7) is 5.71. The zero-order valence-corrected chi connectivity index (χ0v) is 19.4. The summed E-state index contributed by atoms with van der Waals surface area (Å²) in [6, 6.07) is 12.5. The third-order valence-electron chi connectivity index (χ3n) is 6.80. The number of carbonyl (C=O) groups is 1. The van der Waals surface area contributed by atoms with Crippen molar-refractivity contribution >= 4 is 11.6 Å². The molecule has 1 atom stereocenters. The number of hydrogen-bond donors (Lipinski definition) is 0. The van der Waals surface area contributed by atoms with Crippen LogP contribution in [0.1, 0.15) is 30.1 Å². The minimum absolute atomic E-state index is 0.104. The zero-order chi connectivity index (χ0) is 22.8. The molecule has 8 nitrogen and oxygen atoms in total. The molecule has 1 unspecified atom stereocenters. The maximum Gasteiger partial charge on any atom is 0.233 e. The highest BCUT2D eigenvalue weighted by Crippen LogP contribution is 2.31. The van der Waals surface area contributed by atoms with Gasteiger partial charge in [-0.1, -0.05) is 12.1 Å². The van der Waals surface area contributed by atoms with E-state index in [-0.39, 0.29) is 11.8 Å². The highest BCUT2D eigenvalue weighted by atomic mass is 16.2. The van der Waals surface area contributed by atoms with E-state index in [1.54, 1.807) is 12.4 Å². The van der Waals surface area contributed by atoms with Crippen molar-refractivity contribution in [3.63, 3.8) is 0 Å². The van der Waals surface area contributed by atoms with E-state index in [4.69, 9.17) is 0 Å². The third-order valence-corrected chi connectivity index (χ3v) is 6.80. The molecule has 172 valence electrons. The van der Waals surface area contributed by atoms with Crippen LogP contribution in [0.2, 0.25) is 0 Å². The van der Waals surface area contributed by atoms with Crippen LogP contribution in [0.3, 0.4) is 0 Å². The smallest absolute Gasteiger partial charge is 0.233 e. The van der Waals surface area contributed by atoms with E-state index in [1.807, 2.05) is 24.1 Å². The summed E-state index contributed by atoms with van der Waals surface area (Å²) in [7, 11) is 4.05. The number of amides is 1. The molecule has 33 heavy (non-hydrogen) atoms. The van der Waals surface area contributed by atoms with Crippen molar-refractivity contribution in [2.24, 2.45) is 0 Å². The Morgan fingerprint density at radius 3 is 2.45 bits per heavy atom. The number of nitrogens with zero attached hydrogens (tertiary/aromatic N) is 7. The molecule has 3 aromatic rings. The van der Waals surface area contributed by atoms with Gasteiger partial charge in [-0.25, -0.2) is 0 Å². The Kier molecular flexibility index (Phi) is 6.09. The van der Waals surface area contributed by atoms with Crippen molar-refractivity contribution in [2.75, 3.05) is 45.2 Å². The van der Waals surface area contributed by atoms with Crippen molar-refractivity contribution in [1.82, 2.24) is 29.5 Å². The topological polar surface area (TPSA) is 70.4 Å². The van der Waals surface area contributed by atoms with E-state index in [1.165, 1.54) is 5.69 Å². The Morgan fingerprint density at radius 2 is 1.73 bits per heavy atom. The van der Waals surface area contributed by atoms with Gasteiger partial charge in [-0.2, -0.15) is 0 Å². The summed E-state index contributed by atoms with van der Waals surface area (Å²) in [6.07, 6.45) is 5.25. The van der Waals surface area contributed by atoms with Gasteiger partial charge in [0, 0.05) is 70.0 Å². The normalized spacial score (nSPS) is 18.7. The van der Waals surface area contributed by atoms with Crippen LogP contribution in [0.15, 0.2) is 48.8 Å². The Morgan fingerprint density at radius 1 is 1.00 bits per heavy atom. The maximum absolute atomic E-state index is 13.4. The van der Waals surface area contributed by atoms with Gasteiger partial charge in [0.05, 0.1) is 5.92 Å². The van der Waals surface area contributed by atoms with Crippen LogP contribution in [0.4, 0.5) is 5.69 Å². The molecule has 4 heterocycles. The van der Waals surface area contributed by atoms with Crippen molar-refractivity contribution in [3.8, 4) is 11.4 Å². The van der Waals surface area contributed by atoms with Crippen molar-refractivity contribution in [3.05, 3.63) is 60.2 Å². The van der Waals surface area contributed by atoms with Crippen LogP contribution in [0.5, 0.6) is 0 Å². The summed E-state index contributed by atoms with van der Waals surface area (Å²) in [5.41, 5.74) is 3.37. The molecule has 2 aliphatic heterocycles. The number of rotatable bonds is 5. The van der Waals surface area contributed by atoms with Crippen LogP contribution < -0.4 is 4.90 Å². The van der Waals surface area contributed by atoms with Gasteiger partial charge < -0.3 is 19.3 Å². The van der Waals surface area contributed by atoms with Gasteiger partial charge in [0.25, 0.3) is 0 Å². The molecule has 1 amide bonds. The highest BCUT2D eigenvalue weighted by Gasteiger charge is 2.33. The summed E-state index contributed by atoms with van der Waals surface area (Å²) in [4.78, 5) is 24.1. The van der Waals surface area contributed by atoms with Gasteiger partial charge in [0.2, 0.25) is 5.91 Å². The molecular formula is C25H31N7O. The van der Waals surface area contributed by atoms with Gasteiger partial charge in [-0.05, 0) is 49.7 Å². The number of anilines is 1. The minimum atomic E-state index is -0.253. The molecule has 1 saturated heterocycles. The third kappa shape index (κ3) is 4.48. The van der Waals surface area contributed by atoms with E-state index in [0.717, 1.165) is 68.3 Å². The lowest BCUT2D eigenvalue weighted by Crippen LogP contribution is -2.44. The number of piperazine rings is 1. The SMILES string of the molecule is CN1CCN(c2ccc(CN(C)C(=O)C3CCCn4c(-c5ccncc5)nnc43)cc2)CC1. The van der Waals surface area contributed by atoms with Crippen LogP contribution in [0, 0.1) is 0 Å². The molecule has 0 N–H and O–H groups in total. The first-order chi connectivity index (χ1) is 16.1. The molecule has 0 radical (unpaired) electrons. The summed E-state index contributed by atoms with van der Waals surface area (Å²) in [5.74, 6) is 1.44. The van der Waals surface area contributed by atoms with Crippen molar-refractivity contribution < 1.29 is 4.79 Å². The first-order valence-corrected chi connectivity index (χ1v) is 11.7. The van der Waals surface area contributed by atoms with Crippen LogP contribution >= 0.6 is 0 Å². The van der Waals surface area contributed by atoms with Gasteiger partial charge in [-0.15, -0.1) is 10.2 Å². The standard InChI is InChI=1S/C25H31N7O/c1-29-14-16-31(17-15-29)21-7-5-19(6-8-21)18-30(2)25(33)22-4-3-13-32-23(27-28-24(22)32)20-9-11-26-12-10-20/h5-12,22H,3-4,13-18H2,1-2H3. The van der Waals surface area contributed by atoms with Crippen LogP contribution in [-0.2, 0) is 17.9 Å². The fraction of sp³-hybridized carbons (Fsp3) is 0.440. The molecule has 8 heteroatoms. The zero-order valence-electron chi connectivity index (χ0n) is 19.4. The van der Waals surface area contributed by atoms with Crippen molar-refractivity contribution in [2.45, 2.75) is 31.8 Å². The van der Waals surface area contributed by atoms with Crippen molar-refractivity contribution in [1.29, 1.82) is 0 Å². The van der Waals surface area contributed by atoms with Gasteiger partial charge in [-0.3, -0.25) is 9.78 Å². The molecule has 5 rings (SSSR count). The van der Waals surface area contributed by atoms with E-state index in [0.29, 0.717) is 6.54 Å². The van der Waals surface area contributed by atoms with Gasteiger partial charge >= 0.3 is 0 Å². The first kappa shape index (κ1) is 21.6. The number of likely N-dealkylation sites (N-methyl/N-ethyl adjacent to an activating group) is 2. The summed E-state index contributed by atoms with van der Waals surface area (Å²) < 4.78 is 2.10. The monoisotopic (exact) mass is 445 g/mol. The van der Waals surface area contributed by atoms with Crippen LogP contribution in [0.25, 0.3) is 11.4 Å². The lowest BCUT2D eigenvalue weighted by atomic mass is 9.97. The predicted octanol–water partition coefficient (Wildman–Crippen LogP) is 2.63. The number of fused-ring (bicyclic) bond motifs is 1. The van der Waals surface area contributed by atoms with Gasteiger partial charge in [0.1, 0.15) is 5.82 Å². The quantitative estimate of drug-likeness (QED) is 0.601. The number of pyridine rings is 1. The lowest BCUT2D eigenvalue weighted by molar-refractivity contribution is -0.132. The second kappa shape index (κ2) is 9.31. The molecule has 0 spiro atoms. The predicted molar refractivity (Wildman–Crippen MR) is 128 cm³/mol. The molecule has 0 aliphatic carbocycles. The number of carbonyl (C=O) groups excluding carboxylic acids is 1. The lowest BCUT2D eigenvalue weighted by Gasteiger charge is -2.34. The largest absolute Gasteiger partial charge is 0.369 e. The Hall–Kier alpha value is -3.26. The van der Waals surface area contributed by atoms with E-state index < -0.39 is 0 Å². The average Bonchev–Trinajstić information content (AvgIpc) is 3.29. The average molecular weight is 446 g/mol. The minimum Gasteiger partial charge on any atom is -0.369 e. The van der Waals surface area contributed by atoms with Gasteiger partial charge in [0.15, 0.2) is 5.82 Å². The number of hydrogen-bond acceptors (Lipinski definition) is 6. The Balaban J connectivity index is 1.27.